The zero-order chi connectivity index (χ0) is 37.1. The Morgan fingerprint density at radius 2 is 1.15 bits per heavy atom. The zero-order valence-electron chi connectivity index (χ0n) is 31.9. The molecule has 0 saturated heterocycles. The summed E-state index contributed by atoms with van der Waals surface area (Å²) in [4.78, 5) is 13.7. The molecule has 0 amide bonds. The van der Waals surface area contributed by atoms with E-state index in [2.05, 4.69) is 134 Å². The summed E-state index contributed by atoms with van der Waals surface area (Å²) >= 11 is 0. The van der Waals surface area contributed by atoms with Crippen LogP contribution in [-0.4, -0.2) is 24.1 Å². The number of fused-ring (bicyclic) bond motifs is 1. The van der Waals surface area contributed by atoms with Gasteiger partial charge in [0.25, 0.3) is 0 Å². The van der Waals surface area contributed by atoms with E-state index in [1.807, 2.05) is 49.9 Å². The van der Waals surface area contributed by atoms with Crippen molar-refractivity contribution >= 4 is 11.1 Å². The molecule has 0 saturated carbocycles. The summed E-state index contributed by atoms with van der Waals surface area (Å²) in [6.45, 7) is 19.6. The van der Waals surface area contributed by atoms with Gasteiger partial charge in [0, 0.05) is 68.7 Å². The monoisotopic (exact) mass is 879 g/mol. The van der Waals surface area contributed by atoms with Crippen LogP contribution < -0.4 is 0 Å². The molecule has 0 atom stereocenters. The van der Waals surface area contributed by atoms with Crippen molar-refractivity contribution < 1.29 is 24.5 Å². The number of hydrogen-bond donors (Lipinski definition) is 0. The fourth-order valence-corrected chi connectivity index (χ4v) is 6.73. The van der Waals surface area contributed by atoms with Gasteiger partial charge >= 0.3 is 0 Å². The van der Waals surface area contributed by atoms with Gasteiger partial charge in [0.1, 0.15) is 0 Å². The molecule has 0 unspecified atom stereocenters. The molecule has 0 fully saturated rings. The van der Waals surface area contributed by atoms with Gasteiger partial charge in [-0.15, -0.1) is 53.6 Å². The molecule has 4 aromatic carbocycles. The number of nitrogens with zero attached hydrogens (tertiary/aromatic N) is 6. The maximum atomic E-state index is 9.19. The number of hydrogen-bond acceptors (Lipinski definition) is 5. The third-order valence-corrected chi connectivity index (χ3v) is 9.29. The van der Waals surface area contributed by atoms with Crippen LogP contribution in [0.25, 0.3) is 45.3 Å². The molecule has 0 aliphatic carbocycles. The number of imidazole rings is 2. The first kappa shape index (κ1) is 39.1. The Morgan fingerprint density at radius 1 is 0.679 bits per heavy atom. The summed E-state index contributed by atoms with van der Waals surface area (Å²) in [5.41, 5.74) is 11.6. The Bertz CT molecular complexity index is 2320. The minimum atomic E-state index is 0. The van der Waals surface area contributed by atoms with Crippen molar-refractivity contribution in [2.45, 2.75) is 86.0 Å². The summed E-state index contributed by atoms with van der Waals surface area (Å²) in [6.07, 6.45) is 7.69. The maximum Gasteiger partial charge on any atom is 0.180 e. The predicted molar refractivity (Wildman–Crippen MR) is 209 cm³/mol. The Kier molecular flexibility index (Phi) is 12.3. The molecule has 1 radical (unpaired) electrons. The quantitative estimate of drug-likeness (QED) is 0.142. The number of benzene rings is 4. The van der Waals surface area contributed by atoms with Crippen molar-refractivity contribution in [2.75, 3.05) is 0 Å². The first-order chi connectivity index (χ1) is 25.0. The molecular formula is C45H46IrN6O-2. The first-order valence-corrected chi connectivity index (χ1v) is 18.0. The van der Waals surface area contributed by atoms with Gasteiger partial charge in [0.15, 0.2) is 5.89 Å². The number of oxazole rings is 1. The van der Waals surface area contributed by atoms with Gasteiger partial charge in [-0.05, 0) is 51.5 Å². The molecule has 0 aliphatic rings. The van der Waals surface area contributed by atoms with Crippen LogP contribution >= 0.6 is 0 Å². The molecule has 8 heteroatoms. The summed E-state index contributed by atoms with van der Waals surface area (Å²) in [7, 11) is 0. The van der Waals surface area contributed by atoms with Crippen molar-refractivity contribution in [3.8, 4) is 40.2 Å². The van der Waals surface area contributed by atoms with Crippen LogP contribution in [0.5, 0.6) is 0 Å². The largest absolute Gasteiger partial charge is 0.488 e. The van der Waals surface area contributed by atoms with Crippen molar-refractivity contribution in [3.05, 3.63) is 137 Å². The van der Waals surface area contributed by atoms with E-state index in [1.165, 1.54) is 33.6 Å². The van der Waals surface area contributed by atoms with Gasteiger partial charge in [-0.2, -0.15) is 5.26 Å². The number of nitriles is 1. The summed E-state index contributed by atoms with van der Waals surface area (Å²) < 4.78 is 9.91. The number of para-hydroxylation sites is 2. The molecule has 273 valence electrons. The van der Waals surface area contributed by atoms with Gasteiger partial charge in [-0.25, -0.2) is 4.98 Å². The van der Waals surface area contributed by atoms with E-state index in [4.69, 9.17) is 4.42 Å². The van der Waals surface area contributed by atoms with E-state index in [9.17, 15) is 5.26 Å². The Balaban J connectivity index is 0.000000201. The Hall–Kier alpha value is -5.09. The van der Waals surface area contributed by atoms with Crippen LogP contribution in [0.3, 0.4) is 0 Å². The van der Waals surface area contributed by atoms with Crippen LogP contribution in [0.1, 0.15) is 113 Å². The Morgan fingerprint density at radius 3 is 1.60 bits per heavy atom. The van der Waals surface area contributed by atoms with Crippen LogP contribution in [0.15, 0.2) is 95.9 Å². The van der Waals surface area contributed by atoms with E-state index in [0.717, 1.165) is 33.9 Å². The van der Waals surface area contributed by atoms with Gasteiger partial charge < -0.3 is 13.6 Å². The molecule has 3 aromatic heterocycles. The standard InChI is InChI=1S/C23H24N3O.C22H22N3.Ir/c1-14(2)18-7-6-8-19(15(3)4)22(18)26-12-11-24-23(26)17-9-10-21-20(13-17)25-16(5)27-21;1-15(2)19-9-6-10-20(16(3)4)21(19)25-12-11-24-22(25)18-8-5-7-17(13-18)14-23;/h6-8,10-15H,1-5H3;5-7,9-13,15-16H,1-4H3;/q2*-1;. The second-order valence-electron chi connectivity index (χ2n) is 14.4. The smallest absolute Gasteiger partial charge is 0.180 e. The van der Waals surface area contributed by atoms with Crippen LogP contribution in [-0.2, 0) is 20.1 Å². The van der Waals surface area contributed by atoms with Crippen molar-refractivity contribution in [2.24, 2.45) is 0 Å². The van der Waals surface area contributed by atoms with Crippen molar-refractivity contribution in [1.29, 1.82) is 5.26 Å². The minimum Gasteiger partial charge on any atom is -0.488 e. The van der Waals surface area contributed by atoms with Crippen molar-refractivity contribution in [1.82, 2.24) is 24.1 Å². The fourth-order valence-electron chi connectivity index (χ4n) is 6.73. The van der Waals surface area contributed by atoms with Crippen LogP contribution in [0, 0.1) is 30.4 Å². The number of aromatic nitrogens is 5. The number of aryl methyl sites for hydroxylation is 1. The third-order valence-electron chi connectivity index (χ3n) is 9.29. The zero-order valence-corrected chi connectivity index (χ0v) is 34.3. The molecule has 7 aromatic rings. The van der Waals surface area contributed by atoms with E-state index < -0.39 is 0 Å². The maximum absolute atomic E-state index is 9.19. The summed E-state index contributed by atoms with van der Waals surface area (Å²) in [5.74, 6) is 3.97. The van der Waals surface area contributed by atoms with E-state index in [-0.39, 0.29) is 20.1 Å². The van der Waals surface area contributed by atoms with E-state index in [0.29, 0.717) is 35.1 Å². The molecule has 0 bridgehead atoms. The van der Waals surface area contributed by atoms with Crippen molar-refractivity contribution in [3.63, 3.8) is 0 Å². The average Bonchev–Trinajstić information content (AvgIpc) is 3.90. The fraction of sp³-hybridized carbons (Fsp3) is 0.289. The second kappa shape index (κ2) is 16.7. The molecule has 0 aliphatic heterocycles. The van der Waals surface area contributed by atoms with Gasteiger partial charge in [0.05, 0.1) is 23.3 Å². The molecule has 0 N–H and O–H groups in total. The molecule has 3 heterocycles. The molecule has 0 spiro atoms. The topological polar surface area (TPSA) is 85.5 Å². The molecule has 7 rings (SSSR count). The molecule has 7 nitrogen and oxygen atoms in total. The summed E-state index contributed by atoms with van der Waals surface area (Å²) in [6, 6.07) is 31.0. The minimum absolute atomic E-state index is 0. The van der Waals surface area contributed by atoms with Crippen LogP contribution in [0.4, 0.5) is 0 Å². The molecule has 53 heavy (non-hydrogen) atoms. The second-order valence-corrected chi connectivity index (χ2v) is 14.4. The average molecular weight is 879 g/mol. The first-order valence-electron chi connectivity index (χ1n) is 18.0. The summed E-state index contributed by atoms with van der Waals surface area (Å²) in [5, 5.41) is 9.19. The van der Waals surface area contributed by atoms with Gasteiger partial charge in [0.2, 0.25) is 0 Å². The van der Waals surface area contributed by atoms with Crippen LogP contribution in [0.2, 0.25) is 0 Å². The van der Waals surface area contributed by atoms with Gasteiger partial charge in [-0.3, -0.25) is 9.97 Å². The van der Waals surface area contributed by atoms with E-state index in [1.54, 1.807) is 12.1 Å². The predicted octanol–water partition coefficient (Wildman–Crippen LogP) is 11.5. The number of rotatable bonds is 8. The van der Waals surface area contributed by atoms with Gasteiger partial charge in [-0.1, -0.05) is 91.8 Å². The third kappa shape index (κ3) is 8.12. The normalized spacial score (nSPS) is 11.2. The SMILES string of the molecule is CC(C)c1cccc(C(C)C)c1-n1ccnc1-c1[c-]ccc(C#N)c1.Cc1nc2cc(-c3nccn3-c3c(C(C)C)cccc3C(C)C)[c-]cc2o1.[Ir]. The van der Waals surface area contributed by atoms with E-state index >= 15 is 0 Å². The molecular weight excluding hydrogens is 833 g/mol. The Labute approximate surface area is 327 Å².